The molecule has 27 heavy (non-hydrogen) atoms. The molecule has 1 aromatic carbocycles. The summed E-state index contributed by atoms with van der Waals surface area (Å²) in [6.45, 7) is 5.45. The molecule has 8 heteroatoms. The summed E-state index contributed by atoms with van der Waals surface area (Å²) < 4.78 is 5.41. The van der Waals surface area contributed by atoms with Crippen molar-refractivity contribution in [1.29, 1.82) is 0 Å². The number of carbonyl (C=O) groups excluding carboxylic acids is 2. The number of amides is 2. The lowest BCUT2D eigenvalue weighted by molar-refractivity contribution is 0.0940. The normalized spacial score (nSPS) is 12.0. The molecule has 140 valence electrons. The molecule has 0 saturated heterocycles. The molecule has 2 amide bonds. The van der Waals surface area contributed by atoms with E-state index in [1.807, 2.05) is 13.8 Å². The smallest absolute Gasteiger partial charge is 0.262 e. The molecule has 8 nitrogen and oxygen atoms in total. The zero-order valence-corrected chi connectivity index (χ0v) is 15.3. The first-order chi connectivity index (χ1) is 12.9. The zero-order chi connectivity index (χ0) is 19.6. The number of nitrogens with one attached hydrogen (secondary N) is 3. The lowest BCUT2D eigenvalue weighted by Crippen LogP contribution is -2.32. The van der Waals surface area contributed by atoms with E-state index in [-0.39, 0.29) is 34.4 Å². The van der Waals surface area contributed by atoms with Crippen LogP contribution in [0.2, 0.25) is 0 Å². The van der Waals surface area contributed by atoms with E-state index in [0.29, 0.717) is 11.3 Å². The maximum absolute atomic E-state index is 12.8. The van der Waals surface area contributed by atoms with Gasteiger partial charge in [-0.25, -0.2) is 4.98 Å². The predicted octanol–water partition coefficient (Wildman–Crippen LogP) is 2.61. The molecule has 0 bridgehead atoms. The molecule has 0 spiro atoms. The summed E-state index contributed by atoms with van der Waals surface area (Å²) >= 11 is 0. The van der Waals surface area contributed by atoms with Crippen molar-refractivity contribution in [2.45, 2.75) is 33.2 Å². The third-order valence-electron chi connectivity index (χ3n) is 4.31. The van der Waals surface area contributed by atoms with Gasteiger partial charge in [0.25, 0.3) is 17.4 Å². The number of benzene rings is 1. The number of furan rings is 1. The van der Waals surface area contributed by atoms with Gasteiger partial charge in [-0.05, 0) is 32.4 Å². The lowest BCUT2D eigenvalue weighted by Gasteiger charge is -2.14. The van der Waals surface area contributed by atoms with E-state index in [4.69, 9.17) is 4.42 Å². The Morgan fingerprint density at radius 3 is 2.74 bits per heavy atom. The highest BCUT2D eigenvalue weighted by Crippen LogP contribution is 2.23. The molecule has 0 unspecified atom stereocenters. The van der Waals surface area contributed by atoms with Crippen molar-refractivity contribution in [2.75, 3.05) is 5.32 Å². The summed E-state index contributed by atoms with van der Waals surface area (Å²) in [6, 6.07) is 6.69. The maximum Gasteiger partial charge on any atom is 0.262 e. The fourth-order valence-electron chi connectivity index (χ4n) is 2.71. The van der Waals surface area contributed by atoms with Crippen LogP contribution in [0, 0.1) is 6.92 Å². The monoisotopic (exact) mass is 368 g/mol. The molecule has 0 aliphatic heterocycles. The van der Waals surface area contributed by atoms with Gasteiger partial charge in [-0.1, -0.05) is 19.1 Å². The number of hydrogen-bond acceptors (Lipinski definition) is 5. The van der Waals surface area contributed by atoms with E-state index < -0.39 is 11.5 Å². The van der Waals surface area contributed by atoms with Crippen molar-refractivity contribution in [1.82, 2.24) is 15.3 Å². The van der Waals surface area contributed by atoms with Crippen LogP contribution in [-0.4, -0.2) is 27.8 Å². The number of aryl methyl sites for hydroxylation is 1. The third kappa shape index (κ3) is 3.59. The number of H-pyrrole nitrogens is 1. The number of carbonyl (C=O) groups is 2. The molecule has 0 saturated carbocycles. The summed E-state index contributed by atoms with van der Waals surface area (Å²) in [6.07, 6.45) is 2.00. The van der Waals surface area contributed by atoms with Crippen LogP contribution in [0.25, 0.3) is 11.1 Å². The molecular formula is C19H20N4O4. The van der Waals surface area contributed by atoms with E-state index >= 15 is 0 Å². The molecule has 0 radical (unpaired) electrons. The van der Waals surface area contributed by atoms with Gasteiger partial charge in [0, 0.05) is 6.04 Å². The van der Waals surface area contributed by atoms with Crippen LogP contribution in [0.15, 0.2) is 39.8 Å². The van der Waals surface area contributed by atoms with Gasteiger partial charge in [-0.2, -0.15) is 0 Å². The molecule has 3 aromatic rings. The Kier molecular flexibility index (Phi) is 5.07. The van der Waals surface area contributed by atoms with Crippen LogP contribution in [0.3, 0.4) is 0 Å². The quantitative estimate of drug-likeness (QED) is 0.640. The summed E-state index contributed by atoms with van der Waals surface area (Å²) in [5, 5.41) is 5.65. The summed E-state index contributed by atoms with van der Waals surface area (Å²) in [5.41, 5.74) is 0.395. The van der Waals surface area contributed by atoms with E-state index in [9.17, 15) is 14.4 Å². The van der Waals surface area contributed by atoms with Gasteiger partial charge < -0.3 is 20.0 Å². The van der Waals surface area contributed by atoms with E-state index in [0.717, 1.165) is 6.42 Å². The van der Waals surface area contributed by atoms with Crippen LogP contribution < -0.4 is 16.2 Å². The average Bonchev–Trinajstić information content (AvgIpc) is 2.99. The second kappa shape index (κ2) is 7.45. The van der Waals surface area contributed by atoms with Crippen molar-refractivity contribution < 1.29 is 14.0 Å². The standard InChI is InChI=1S/C19H20N4O4/c1-4-10(2)22-16(24)12-7-5-6-8-13(12)23-18(26)14-11(3)27-19-15(14)17(25)20-9-21-19/h5-10H,4H2,1-3H3,(H,22,24)(H,23,26)(H,20,21,25)/t10-/m1/s1. The summed E-state index contributed by atoms with van der Waals surface area (Å²) in [7, 11) is 0. The van der Waals surface area contributed by atoms with Crippen LogP contribution in [0.1, 0.15) is 46.7 Å². The average molecular weight is 368 g/mol. The number of nitrogens with zero attached hydrogens (tertiary/aromatic N) is 1. The highest BCUT2D eigenvalue weighted by atomic mass is 16.3. The Hall–Kier alpha value is -3.42. The van der Waals surface area contributed by atoms with E-state index in [1.54, 1.807) is 31.2 Å². The molecule has 0 aliphatic carbocycles. The third-order valence-corrected chi connectivity index (χ3v) is 4.31. The number of aromatic amines is 1. The molecule has 2 heterocycles. The second-order valence-corrected chi connectivity index (χ2v) is 6.23. The number of hydrogen-bond donors (Lipinski definition) is 3. The highest BCUT2D eigenvalue weighted by molar-refractivity contribution is 6.14. The van der Waals surface area contributed by atoms with Gasteiger partial charge >= 0.3 is 0 Å². The van der Waals surface area contributed by atoms with Gasteiger partial charge in [0.1, 0.15) is 11.1 Å². The minimum atomic E-state index is -0.548. The molecular weight excluding hydrogens is 348 g/mol. The maximum atomic E-state index is 12.8. The second-order valence-electron chi connectivity index (χ2n) is 6.23. The van der Waals surface area contributed by atoms with Gasteiger partial charge in [-0.15, -0.1) is 0 Å². The predicted molar refractivity (Wildman–Crippen MR) is 101 cm³/mol. The van der Waals surface area contributed by atoms with Crippen LogP contribution in [-0.2, 0) is 0 Å². The largest absolute Gasteiger partial charge is 0.442 e. The minimum absolute atomic E-state index is 0.00551. The van der Waals surface area contributed by atoms with Crippen molar-refractivity contribution >= 4 is 28.6 Å². The first kappa shape index (κ1) is 18.4. The molecule has 1 atom stereocenters. The Morgan fingerprint density at radius 1 is 1.26 bits per heavy atom. The molecule has 0 aliphatic rings. The molecule has 3 rings (SSSR count). The van der Waals surface area contributed by atoms with Gasteiger partial charge in [-0.3, -0.25) is 14.4 Å². The van der Waals surface area contributed by atoms with Crippen molar-refractivity contribution in [3.63, 3.8) is 0 Å². The van der Waals surface area contributed by atoms with Gasteiger partial charge in [0.15, 0.2) is 0 Å². The SMILES string of the molecule is CC[C@@H](C)NC(=O)c1ccccc1NC(=O)c1c(C)oc2nc[nH]c(=O)c12. The Balaban J connectivity index is 1.96. The van der Waals surface area contributed by atoms with Crippen LogP contribution >= 0.6 is 0 Å². The molecule has 0 fully saturated rings. The number of aromatic nitrogens is 2. The van der Waals surface area contributed by atoms with E-state index in [2.05, 4.69) is 20.6 Å². The lowest BCUT2D eigenvalue weighted by atomic mass is 10.1. The fourth-order valence-corrected chi connectivity index (χ4v) is 2.71. The fraction of sp³-hybridized carbons (Fsp3) is 0.263. The Morgan fingerprint density at radius 2 is 2.00 bits per heavy atom. The van der Waals surface area contributed by atoms with Crippen LogP contribution in [0.5, 0.6) is 0 Å². The zero-order valence-electron chi connectivity index (χ0n) is 15.3. The highest BCUT2D eigenvalue weighted by Gasteiger charge is 2.23. The number of para-hydroxylation sites is 1. The van der Waals surface area contributed by atoms with Crippen molar-refractivity contribution in [3.05, 3.63) is 57.8 Å². The first-order valence-corrected chi connectivity index (χ1v) is 8.60. The molecule has 3 N–H and O–H groups in total. The van der Waals surface area contributed by atoms with E-state index in [1.165, 1.54) is 6.33 Å². The first-order valence-electron chi connectivity index (χ1n) is 8.60. The minimum Gasteiger partial charge on any atom is -0.442 e. The van der Waals surface area contributed by atoms with Crippen LogP contribution in [0.4, 0.5) is 5.69 Å². The number of rotatable bonds is 5. The van der Waals surface area contributed by atoms with Crippen molar-refractivity contribution in [3.8, 4) is 0 Å². The van der Waals surface area contributed by atoms with Gasteiger partial charge in [0.05, 0.1) is 23.1 Å². The van der Waals surface area contributed by atoms with Crippen molar-refractivity contribution in [2.24, 2.45) is 0 Å². The number of anilines is 1. The Bertz CT molecular complexity index is 1070. The molecule has 2 aromatic heterocycles. The Labute approximate surface area is 155 Å². The topological polar surface area (TPSA) is 117 Å². The summed E-state index contributed by atoms with van der Waals surface area (Å²) in [5.74, 6) is -0.560. The summed E-state index contributed by atoms with van der Waals surface area (Å²) in [4.78, 5) is 43.8. The van der Waals surface area contributed by atoms with Gasteiger partial charge in [0.2, 0.25) is 5.71 Å². The number of fused-ring (bicyclic) bond motifs is 1.